The normalized spacial score (nSPS) is 28.7. The number of aliphatic hydroxyl groups excluding tert-OH is 2. The molecule has 0 aliphatic carbocycles. The molecule has 3 aromatic rings. The third kappa shape index (κ3) is 2.43. The molecule has 2 bridgehead atoms. The van der Waals surface area contributed by atoms with E-state index in [1.807, 2.05) is 6.07 Å². The number of carbonyl (C=O) groups excluding carboxylic acids is 1. The summed E-state index contributed by atoms with van der Waals surface area (Å²) in [4.78, 5) is 25.1. The number of aromatic nitrogens is 4. The van der Waals surface area contributed by atoms with Gasteiger partial charge in [-0.1, -0.05) is 18.2 Å². The Balaban J connectivity index is 1.48. The Morgan fingerprint density at radius 2 is 2.11 bits per heavy atom. The Morgan fingerprint density at radius 3 is 2.86 bits per heavy atom. The average molecular weight is 383 g/mol. The lowest BCUT2D eigenvalue weighted by Gasteiger charge is -2.29. The van der Waals surface area contributed by atoms with Crippen LogP contribution < -0.4 is 5.32 Å². The van der Waals surface area contributed by atoms with Crippen molar-refractivity contribution in [3.8, 4) is 0 Å². The Labute approximate surface area is 158 Å². The molecule has 10 heteroatoms. The molecule has 1 aromatic carbocycles. The number of imidazole rings is 1. The van der Waals surface area contributed by atoms with Crippen LogP contribution in [0.5, 0.6) is 0 Å². The molecule has 4 atom stereocenters. The Hall–Kier alpha value is -2.92. The molecule has 0 radical (unpaired) electrons. The molecular weight excluding hydrogens is 366 g/mol. The highest BCUT2D eigenvalue weighted by Crippen LogP contribution is 2.45. The standard InChI is InChI=1S/C18H17N5O5/c24-6-18-7-27-12(13(18)25)17(28-18)23-9-21-11-14(19-8-20-15(11)23)22-16(26)10-4-2-1-3-5-10/h1-5,8-9,12-13,17,24-25H,6-7H2,(H,19,20,22,26)/t12-,13?,17+,18-/m0/s1. The van der Waals surface area contributed by atoms with E-state index >= 15 is 0 Å². The van der Waals surface area contributed by atoms with E-state index in [4.69, 9.17) is 9.47 Å². The van der Waals surface area contributed by atoms with E-state index in [-0.39, 0.29) is 24.9 Å². The molecule has 2 aliphatic rings. The fourth-order valence-electron chi connectivity index (χ4n) is 3.65. The summed E-state index contributed by atoms with van der Waals surface area (Å²) < 4.78 is 13.1. The van der Waals surface area contributed by atoms with Crippen LogP contribution in [0.15, 0.2) is 43.0 Å². The molecule has 28 heavy (non-hydrogen) atoms. The van der Waals surface area contributed by atoms with Crippen LogP contribution in [0.2, 0.25) is 0 Å². The Bertz CT molecular complexity index is 1040. The number of benzene rings is 1. The number of aliphatic hydroxyl groups is 2. The summed E-state index contributed by atoms with van der Waals surface area (Å²) in [5.41, 5.74) is 0.139. The van der Waals surface area contributed by atoms with Gasteiger partial charge in [0.1, 0.15) is 24.1 Å². The van der Waals surface area contributed by atoms with Crippen molar-refractivity contribution < 1.29 is 24.5 Å². The number of rotatable bonds is 4. The maximum absolute atomic E-state index is 12.4. The maximum atomic E-state index is 12.4. The van der Waals surface area contributed by atoms with Crippen LogP contribution in [-0.2, 0) is 9.47 Å². The van der Waals surface area contributed by atoms with Crippen molar-refractivity contribution in [2.75, 3.05) is 18.5 Å². The quantitative estimate of drug-likeness (QED) is 0.578. The van der Waals surface area contributed by atoms with Crippen LogP contribution in [0.1, 0.15) is 16.6 Å². The number of hydrogen-bond acceptors (Lipinski definition) is 8. The van der Waals surface area contributed by atoms with Gasteiger partial charge in [-0.25, -0.2) is 15.0 Å². The van der Waals surface area contributed by atoms with E-state index in [0.29, 0.717) is 16.7 Å². The van der Waals surface area contributed by atoms with Gasteiger partial charge in [0.05, 0.1) is 19.5 Å². The highest BCUT2D eigenvalue weighted by Gasteiger charge is 2.61. The smallest absolute Gasteiger partial charge is 0.256 e. The van der Waals surface area contributed by atoms with E-state index in [0.717, 1.165) is 0 Å². The lowest BCUT2D eigenvalue weighted by molar-refractivity contribution is -0.185. The van der Waals surface area contributed by atoms with Gasteiger partial charge in [0.2, 0.25) is 0 Å². The summed E-state index contributed by atoms with van der Waals surface area (Å²) in [7, 11) is 0. The summed E-state index contributed by atoms with van der Waals surface area (Å²) in [5.74, 6) is -0.0524. The van der Waals surface area contributed by atoms with Gasteiger partial charge in [0.15, 0.2) is 23.2 Å². The fourth-order valence-corrected chi connectivity index (χ4v) is 3.65. The largest absolute Gasteiger partial charge is 0.393 e. The highest BCUT2D eigenvalue weighted by atomic mass is 16.7. The first kappa shape index (κ1) is 17.2. The van der Waals surface area contributed by atoms with E-state index < -0.39 is 24.0 Å². The molecule has 1 unspecified atom stereocenters. The van der Waals surface area contributed by atoms with Gasteiger partial charge in [-0.05, 0) is 12.1 Å². The summed E-state index contributed by atoms with van der Waals surface area (Å²) >= 11 is 0. The second-order valence-corrected chi connectivity index (χ2v) is 6.82. The Kier molecular flexibility index (Phi) is 3.88. The third-order valence-electron chi connectivity index (χ3n) is 5.18. The molecule has 5 rings (SSSR count). The first-order valence-corrected chi connectivity index (χ1v) is 8.75. The van der Waals surface area contributed by atoms with Crippen molar-refractivity contribution in [2.24, 2.45) is 0 Å². The van der Waals surface area contributed by atoms with Gasteiger partial charge < -0.3 is 25.0 Å². The van der Waals surface area contributed by atoms with Gasteiger partial charge in [-0.2, -0.15) is 0 Å². The van der Waals surface area contributed by atoms with Gasteiger partial charge in [-0.3, -0.25) is 9.36 Å². The van der Waals surface area contributed by atoms with E-state index in [9.17, 15) is 15.0 Å². The molecule has 2 aliphatic heterocycles. The number of amides is 1. The van der Waals surface area contributed by atoms with Gasteiger partial charge in [0.25, 0.3) is 5.91 Å². The lowest BCUT2D eigenvalue weighted by atomic mass is 10.0. The number of nitrogens with zero attached hydrogens (tertiary/aromatic N) is 4. The predicted molar refractivity (Wildman–Crippen MR) is 95.4 cm³/mol. The SMILES string of the molecule is O=C(Nc1ncnc2c1ncn2[C@@H]1O[C@@]2(CO)CO[C@H]1C2O)c1ccccc1. The first-order valence-electron chi connectivity index (χ1n) is 8.75. The van der Waals surface area contributed by atoms with Crippen LogP contribution in [0.4, 0.5) is 5.82 Å². The lowest BCUT2D eigenvalue weighted by Crippen LogP contribution is -2.44. The van der Waals surface area contributed by atoms with Crippen LogP contribution in [0.3, 0.4) is 0 Å². The third-order valence-corrected chi connectivity index (χ3v) is 5.18. The summed E-state index contributed by atoms with van der Waals surface area (Å²) in [6.45, 7) is -0.243. The minimum Gasteiger partial charge on any atom is -0.393 e. The molecule has 2 saturated heterocycles. The zero-order valence-electron chi connectivity index (χ0n) is 14.6. The van der Waals surface area contributed by atoms with Gasteiger partial charge in [0, 0.05) is 5.56 Å². The molecule has 0 spiro atoms. The molecule has 2 fully saturated rings. The van der Waals surface area contributed by atoms with Crippen LogP contribution >= 0.6 is 0 Å². The van der Waals surface area contributed by atoms with Crippen LogP contribution in [0.25, 0.3) is 11.2 Å². The molecule has 4 heterocycles. The number of anilines is 1. The average Bonchev–Trinajstić information content (AvgIpc) is 3.39. The highest BCUT2D eigenvalue weighted by molar-refractivity contribution is 6.06. The number of nitrogens with one attached hydrogen (secondary N) is 1. The minimum atomic E-state index is -1.15. The van der Waals surface area contributed by atoms with Crippen molar-refractivity contribution in [1.82, 2.24) is 19.5 Å². The number of hydrogen-bond donors (Lipinski definition) is 3. The predicted octanol–water partition coefficient (Wildman–Crippen LogP) is 0.0982. The first-order chi connectivity index (χ1) is 13.6. The molecular formula is C18H17N5O5. The van der Waals surface area contributed by atoms with Crippen molar-refractivity contribution in [1.29, 1.82) is 0 Å². The monoisotopic (exact) mass is 383 g/mol. The van der Waals surface area contributed by atoms with E-state index in [1.165, 1.54) is 12.7 Å². The molecule has 10 nitrogen and oxygen atoms in total. The molecule has 1 amide bonds. The Morgan fingerprint density at radius 1 is 1.29 bits per heavy atom. The molecule has 0 saturated carbocycles. The zero-order valence-corrected chi connectivity index (χ0v) is 14.6. The van der Waals surface area contributed by atoms with Crippen molar-refractivity contribution >= 4 is 22.9 Å². The van der Waals surface area contributed by atoms with E-state index in [2.05, 4.69) is 20.3 Å². The van der Waals surface area contributed by atoms with Crippen molar-refractivity contribution in [2.45, 2.75) is 24.0 Å². The molecule has 3 N–H and O–H groups in total. The number of carbonyl (C=O) groups is 1. The zero-order chi connectivity index (χ0) is 19.3. The molecule has 144 valence electrons. The molecule has 2 aromatic heterocycles. The fraction of sp³-hybridized carbons (Fsp3) is 0.333. The van der Waals surface area contributed by atoms with Crippen LogP contribution in [-0.4, -0.2) is 66.7 Å². The van der Waals surface area contributed by atoms with Crippen LogP contribution in [0, 0.1) is 0 Å². The number of ether oxygens (including phenoxy) is 2. The van der Waals surface area contributed by atoms with Gasteiger partial charge >= 0.3 is 0 Å². The van der Waals surface area contributed by atoms with E-state index in [1.54, 1.807) is 28.8 Å². The second-order valence-electron chi connectivity index (χ2n) is 6.82. The number of fused-ring (bicyclic) bond motifs is 3. The van der Waals surface area contributed by atoms with Crippen molar-refractivity contribution in [3.63, 3.8) is 0 Å². The topological polar surface area (TPSA) is 132 Å². The maximum Gasteiger partial charge on any atom is 0.256 e. The summed E-state index contributed by atoms with van der Waals surface area (Å²) in [6.07, 6.45) is 0.492. The second kappa shape index (κ2) is 6.31. The summed E-state index contributed by atoms with van der Waals surface area (Å²) in [5, 5.41) is 22.8. The van der Waals surface area contributed by atoms with Crippen molar-refractivity contribution in [3.05, 3.63) is 48.5 Å². The van der Waals surface area contributed by atoms with Gasteiger partial charge in [-0.15, -0.1) is 0 Å². The summed E-state index contributed by atoms with van der Waals surface area (Å²) in [6, 6.07) is 8.76. The minimum absolute atomic E-state index is 0.117.